The molecule has 1 aliphatic rings. The van der Waals surface area contributed by atoms with E-state index in [4.69, 9.17) is 9.47 Å². The minimum absolute atomic E-state index is 0.234. The van der Waals surface area contributed by atoms with Gasteiger partial charge in [-0.2, -0.15) is 0 Å². The fraction of sp³-hybridized carbons (Fsp3) is 0.154. The molecule has 8 heteroatoms. The van der Waals surface area contributed by atoms with Gasteiger partial charge >= 0.3 is 0 Å². The van der Waals surface area contributed by atoms with E-state index >= 15 is 0 Å². The topological polar surface area (TPSA) is 73.3 Å². The van der Waals surface area contributed by atoms with Crippen LogP contribution in [0.25, 0.3) is 6.08 Å². The number of aromatic nitrogens is 2. The van der Waals surface area contributed by atoms with E-state index in [-0.39, 0.29) is 12.7 Å². The van der Waals surface area contributed by atoms with Crippen molar-refractivity contribution in [2.24, 2.45) is 0 Å². The number of hydrogen-bond acceptors (Lipinski definition) is 7. The van der Waals surface area contributed by atoms with Gasteiger partial charge in [0.15, 0.2) is 15.8 Å². The number of carbonyl (C=O) groups excluding carboxylic acids is 1. The van der Waals surface area contributed by atoms with E-state index in [1.54, 1.807) is 6.08 Å². The third-order valence-corrected chi connectivity index (χ3v) is 4.45. The van der Waals surface area contributed by atoms with E-state index in [1.807, 2.05) is 24.5 Å². The van der Waals surface area contributed by atoms with Gasteiger partial charge in [0.05, 0.1) is 0 Å². The van der Waals surface area contributed by atoms with Gasteiger partial charge in [0, 0.05) is 6.08 Å². The second-order valence-electron chi connectivity index (χ2n) is 4.01. The average Bonchev–Trinajstić information content (AvgIpc) is 3.13. The number of benzene rings is 1. The van der Waals surface area contributed by atoms with Crippen LogP contribution >= 0.6 is 23.1 Å². The Morgan fingerprint density at radius 3 is 3.05 bits per heavy atom. The molecule has 0 spiro atoms. The maximum Gasteiger partial charge on any atom is 0.250 e. The predicted molar refractivity (Wildman–Crippen MR) is 81.9 cm³/mol. The average molecular weight is 321 g/mol. The molecule has 3 rings (SSSR count). The molecule has 1 aliphatic heterocycles. The Hall–Kier alpha value is -2.06. The van der Waals surface area contributed by atoms with E-state index in [2.05, 4.69) is 15.5 Å². The lowest BCUT2D eigenvalue weighted by Crippen LogP contribution is -2.07. The zero-order valence-corrected chi connectivity index (χ0v) is 12.7. The minimum atomic E-state index is -0.253. The summed E-state index contributed by atoms with van der Waals surface area (Å²) in [5.74, 6) is 1.15. The lowest BCUT2D eigenvalue weighted by Gasteiger charge is -1.98. The second kappa shape index (κ2) is 6.15. The summed E-state index contributed by atoms with van der Waals surface area (Å²) < 4.78 is 11.3. The second-order valence-corrected chi connectivity index (χ2v) is 6.04. The van der Waals surface area contributed by atoms with Gasteiger partial charge in [-0.1, -0.05) is 29.2 Å². The highest BCUT2D eigenvalue weighted by atomic mass is 32.2. The number of thioether (sulfide) groups is 1. The number of ether oxygens (including phenoxy) is 2. The molecule has 0 aliphatic carbocycles. The molecule has 1 N–H and O–H groups in total. The molecule has 2 heterocycles. The summed E-state index contributed by atoms with van der Waals surface area (Å²) in [6, 6.07) is 5.49. The number of carbonyl (C=O) groups is 1. The van der Waals surface area contributed by atoms with Crippen LogP contribution in [-0.2, 0) is 4.79 Å². The molecule has 0 radical (unpaired) electrons. The van der Waals surface area contributed by atoms with E-state index in [0.29, 0.717) is 10.9 Å². The smallest absolute Gasteiger partial charge is 0.250 e. The van der Waals surface area contributed by atoms with Crippen LogP contribution in [0.3, 0.4) is 0 Å². The van der Waals surface area contributed by atoms with Crippen LogP contribution in [0.2, 0.25) is 0 Å². The number of nitrogens with zero attached hydrogens (tertiary/aromatic N) is 2. The van der Waals surface area contributed by atoms with Crippen molar-refractivity contribution in [2.45, 2.75) is 4.34 Å². The molecule has 0 unspecified atom stereocenters. The summed E-state index contributed by atoms with van der Waals surface area (Å²) in [5, 5.41) is 10.9. The Labute approximate surface area is 129 Å². The van der Waals surface area contributed by atoms with E-state index in [9.17, 15) is 4.79 Å². The summed E-state index contributed by atoms with van der Waals surface area (Å²) in [5.41, 5.74) is 0.858. The van der Waals surface area contributed by atoms with Crippen molar-refractivity contribution in [3.63, 3.8) is 0 Å². The first kappa shape index (κ1) is 13.9. The Balaban J connectivity index is 1.64. The SMILES string of the molecule is CSc1nnc(NC(=O)C=Cc2ccc3c(c2)OCO3)s1. The molecule has 0 saturated heterocycles. The molecule has 1 aromatic heterocycles. The number of nitrogens with one attached hydrogen (secondary N) is 1. The molecule has 6 nitrogen and oxygen atoms in total. The summed E-state index contributed by atoms with van der Waals surface area (Å²) in [6.45, 7) is 0.234. The first-order chi connectivity index (χ1) is 10.2. The van der Waals surface area contributed by atoms with E-state index < -0.39 is 0 Å². The zero-order chi connectivity index (χ0) is 14.7. The van der Waals surface area contributed by atoms with Gasteiger partial charge in [-0.05, 0) is 30.0 Å². The van der Waals surface area contributed by atoms with Crippen molar-refractivity contribution in [2.75, 3.05) is 18.4 Å². The van der Waals surface area contributed by atoms with Gasteiger partial charge in [-0.3, -0.25) is 10.1 Å². The van der Waals surface area contributed by atoms with E-state index in [1.165, 1.54) is 29.2 Å². The summed E-state index contributed by atoms with van der Waals surface area (Å²) in [7, 11) is 0. The van der Waals surface area contributed by atoms with Crippen LogP contribution < -0.4 is 14.8 Å². The highest BCUT2D eigenvalue weighted by Crippen LogP contribution is 2.32. The van der Waals surface area contributed by atoms with Gasteiger partial charge in [-0.25, -0.2) is 0 Å². The molecule has 0 fully saturated rings. The highest BCUT2D eigenvalue weighted by Gasteiger charge is 2.12. The molecule has 0 atom stereocenters. The maximum absolute atomic E-state index is 11.8. The van der Waals surface area contributed by atoms with Crippen molar-refractivity contribution in [3.05, 3.63) is 29.8 Å². The van der Waals surface area contributed by atoms with Gasteiger partial charge in [0.2, 0.25) is 17.8 Å². The Morgan fingerprint density at radius 1 is 1.38 bits per heavy atom. The van der Waals surface area contributed by atoms with Crippen molar-refractivity contribution in [3.8, 4) is 11.5 Å². The predicted octanol–water partition coefficient (Wildman–Crippen LogP) is 2.64. The largest absolute Gasteiger partial charge is 0.454 e. The Morgan fingerprint density at radius 2 is 2.24 bits per heavy atom. The monoisotopic (exact) mass is 321 g/mol. The van der Waals surface area contributed by atoms with E-state index in [0.717, 1.165) is 15.7 Å². The summed E-state index contributed by atoms with van der Waals surface area (Å²) in [6.07, 6.45) is 5.05. The minimum Gasteiger partial charge on any atom is -0.454 e. The lowest BCUT2D eigenvalue weighted by atomic mass is 10.2. The Bertz CT molecular complexity index is 700. The van der Waals surface area contributed by atoms with Crippen molar-refractivity contribution >= 4 is 40.2 Å². The first-order valence-electron chi connectivity index (χ1n) is 6.01. The third kappa shape index (κ3) is 3.34. The van der Waals surface area contributed by atoms with Crippen LogP contribution in [0.1, 0.15) is 5.56 Å². The number of anilines is 1. The van der Waals surface area contributed by atoms with Crippen molar-refractivity contribution in [1.29, 1.82) is 0 Å². The first-order valence-corrected chi connectivity index (χ1v) is 8.05. The number of hydrogen-bond donors (Lipinski definition) is 1. The summed E-state index contributed by atoms with van der Waals surface area (Å²) in [4.78, 5) is 11.8. The van der Waals surface area contributed by atoms with Gasteiger partial charge in [-0.15, -0.1) is 10.2 Å². The number of amides is 1. The third-order valence-electron chi connectivity index (χ3n) is 2.63. The molecular formula is C13H11N3O3S2. The van der Waals surface area contributed by atoms with Crippen LogP contribution in [0.4, 0.5) is 5.13 Å². The highest BCUT2D eigenvalue weighted by molar-refractivity contribution is 8.00. The fourth-order valence-corrected chi connectivity index (χ4v) is 2.85. The van der Waals surface area contributed by atoms with Gasteiger partial charge < -0.3 is 9.47 Å². The van der Waals surface area contributed by atoms with Gasteiger partial charge in [0.25, 0.3) is 0 Å². The maximum atomic E-state index is 11.8. The van der Waals surface area contributed by atoms with Crippen LogP contribution in [0, 0.1) is 0 Å². The quantitative estimate of drug-likeness (QED) is 0.530. The number of fused-ring (bicyclic) bond motifs is 1. The van der Waals surface area contributed by atoms with Crippen LogP contribution in [0.15, 0.2) is 28.6 Å². The lowest BCUT2D eigenvalue weighted by molar-refractivity contribution is -0.111. The molecule has 2 aromatic rings. The zero-order valence-electron chi connectivity index (χ0n) is 11.0. The normalized spacial score (nSPS) is 12.8. The molecule has 1 amide bonds. The van der Waals surface area contributed by atoms with Crippen molar-refractivity contribution in [1.82, 2.24) is 10.2 Å². The molecule has 1 aromatic carbocycles. The molecule has 108 valence electrons. The van der Waals surface area contributed by atoms with Crippen molar-refractivity contribution < 1.29 is 14.3 Å². The molecule has 0 bridgehead atoms. The molecule has 21 heavy (non-hydrogen) atoms. The summed E-state index contributed by atoms with van der Waals surface area (Å²) >= 11 is 2.83. The number of rotatable bonds is 4. The fourth-order valence-electron chi connectivity index (χ4n) is 1.68. The van der Waals surface area contributed by atoms with Gasteiger partial charge in [0.1, 0.15) is 0 Å². The standard InChI is InChI=1S/C13H11N3O3S2/c1-20-13-16-15-12(21-13)14-11(17)5-3-8-2-4-9-10(6-8)19-7-18-9/h2-6H,7H2,1H3,(H,14,15,17). The van der Waals surface area contributed by atoms with Crippen LogP contribution in [0.5, 0.6) is 11.5 Å². The molecular weight excluding hydrogens is 310 g/mol. The van der Waals surface area contributed by atoms with Crippen LogP contribution in [-0.4, -0.2) is 29.2 Å². The molecule has 0 saturated carbocycles. The Kier molecular flexibility index (Phi) is 4.07.